The average Bonchev–Trinajstić information content (AvgIpc) is 1.84. The van der Waals surface area contributed by atoms with Crippen molar-refractivity contribution in [3.05, 3.63) is 0 Å². The van der Waals surface area contributed by atoms with Crippen LogP contribution in [-0.2, 0) is 12.8 Å². The Labute approximate surface area is 71.2 Å². The molecule has 0 rings (SSSR count). The van der Waals surface area contributed by atoms with Gasteiger partial charge in [0.25, 0.3) is 5.96 Å². The van der Waals surface area contributed by atoms with Gasteiger partial charge < -0.3 is 22.9 Å². The van der Waals surface area contributed by atoms with Crippen molar-refractivity contribution in [2.75, 3.05) is 0 Å². The second kappa shape index (κ2) is 4.32. The van der Waals surface area contributed by atoms with Crippen LogP contribution in [0.2, 0.25) is 0 Å². The topological polar surface area (TPSA) is 42.8 Å². The van der Waals surface area contributed by atoms with E-state index in [1.807, 2.05) is 6.92 Å². The third-order valence-electron chi connectivity index (χ3n) is 0.740. The Morgan fingerprint density at radius 2 is 2.33 bits per heavy atom. The lowest BCUT2D eigenvalue weighted by Gasteiger charge is -2.23. The van der Waals surface area contributed by atoms with Crippen LogP contribution < -0.4 is 10.0 Å². The zero-order chi connectivity index (χ0) is 7.44. The van der Waals surface area contributed by atoms with Crippen LogP contribution >= 0.6 is 25.4 Å². The molecule has 0 aromatic rings. The van der Waals surface area contributed by atoms with E-state index in [0.29, 0.717) is 4.31 Å². The van der Waals surface area contributed by atoms with Crippen LogP contribution in [0, 0.1) is 0 Å². The molecule has 0 saturated heterocycles. The first kappa shape index (κ1) is 9.48. The molecule has 3 N–H and O–H groups in total. The number of nitrogens with one attached hydrogen (secondary N) is 1. The maximum Gasteiger partial charge on any atom is 0.287 e. The van der Waals surface area contributed by atoms with E-state index in [9.17, 15) is 0 Å². The monoisotopic (exact) mass is 183 g/mol. The molecule has 0 aliphatic carbocycles. The van der Waals surface area contributed by atoms with E-state index in [0.717, 1.165) is 0 Å². The molecule has 0 fully saturated rings. The van der Waals surface area contributed by atoms with E-state index in [-0.39, 0.29) is 11.3 Å². The molecule has 0 heterocycles. The SMILES string of the molecule is CC(S)[NH+]([S-])C(N)=NS. The average molecular weight is 183 g/mol. The van der Waals surface area contributed by atoms with Gasteiger partial charge in [0, 0.05) is 0 Å². The Balaban J connectivity index is 3.88. The van der Waals surface area contributed by atoms with Crippen molar-refractivity contribution in [2.45, 2.75) is 12.3 Å². The summed E-state index contributed by atoms with van der Waals surface area (Å²) in [5.41, 5.74) is 5.30. The highest BCUT2D eigenvalue weighted by atomic mass is 32.1. The maximum atomic E-state index is 5.30. The summed E-state index contributed by atoms with van der Waals surface area (Å²) >= 11 is 12.5. The van der Waals surface area contributed by atoms with Gasteiger partial charge in [-0.05, 0) is 19.7 Å². The normalized spacial score (nSPS) is 19.3. The van der Waals surface area contributed by atoms with Gasteiger partial charge in [-0.2, -0.15) is 4.40 Å². The van der Waals surface area contributed by atoms with Crippen LogP contribution in [0.4, 0.5) is 0 Å². The number of guanidine groups is 1. The molecule has 0 aromatic heterocycles. The van der Waals surface area contributed by atoms with E-state index in [1.54, 1.807) is 0 Å². The molecule has 0 aromatic carbocycles. The first-order valence-electron chi connectivity index (χ1n) is 2.29. The predicted molar refractivity (Wildman–Crippen MR) is 47.4 cm³/mol. The van der Waals surface area contributed by atoms with Crippen LogP contribution in [0.15, 0.2) is 4.40 Å². The van der Waals surface area contributed by atoms with Gasteiger partial charge in [-0.3, -0.25) is 0 Å². The summed E-state index contributed by atoms with van der Waals surface area (Å²) in [6.07, 6.45) is 0. The first-order valence-corrected chi connectivity index (χ1v) is 3.62. The second-order valence-corrected chi connectivity index (χ2v) is 2.94. The number of thiol groups is 2. The van der Waals surface area contributed by atoms with Gasteiger partial charge in [-0.1, -0.05) is 0 Å². The second-order valence-electron chi connectivity index (χ2n) is 1.53. The van der Waals surface area contributed by atoms with Crippen LogP contribution in [0.3, 0.4) is 0 Å². The molecule has 0 aliphatic rings. The third kappa shape index (κ3) is 3.24. The molecular formula is C3H9N3S3. The van der Waals surface area contributed by atoms with Gasteiger partial charge in [0.2, 0.25) is 0 Å². The van der Waals surface area contributed by atoms with E-state index >= 15 is 0 Å². The first-order chi connectivity index (χ1) is 4.09. The summed E-state index contributed by atoms with van der Waals surface area (Å²) in [4.78, 5) is 0. The molecular weight excluding hydrogens is 174 g/mol. The van der Waals surface area contributed by atoms with Gasteiger partial charge >= 0.3 is 0 Å². The zero-order valence-corrected chi connectivity index (χ0v) is 7.51. The number of nitrogens with two attached hydrogens (primary N) is 1. The van der Waals surface area contributed by atoms with Gasteiger partial charge in [0.15, 0.2) is 0 Å². The highest BCUT2D eigenvalue weighted by Gasteiger charge is 2.04. The van der Waals surface area contributed by atoms with E-state index in [1.165, 1.54) is 0 Å². The molecule has 2 atom stereocenters. The minimum absolute atomic E-state index is 0.0316. The van der Waals surface area contributed by atoms with Crippen molar-refractivity contribution in [1.29, 1.82) is 0 Å². The van der Waals surface area contributed by atoms with Crippen molar-refractivity contribution in [3.8, 4) is 0 Å². The summed E-state index contributed by atoms with van der Waals surface area (Å²) in [7, 11) is 0. The number of nitrogens with zero attached hydrogens (tertiary/aromatic N) is 1. The van der Waals surface area contributed by atoms with Crippen LogP contribution in [0.25, 0.3) is 0 Å². The lowest BCUT2D eigenvalue weighted by atomic mass is 10.7. The molecule has 9 heavy (non-hydrogen) atoms. The largest absolute Gasteiger partial charge is 0.486 e. The molecule has 3 nitrogen and oxygen atoms in total. The maximum absolute atomic E-state index is 5.30. The Morgan fingerprint density at radius 1 is 1.89 bits per heavy atom. The van der Waals surface area contributed by atoms with Gasteiger partial charge in [0.1, 0.15) is 5.37 Å². The molecule has 54 valence electrons. The van der Waals surface area contributed by atoms with E-state index in [4.69, 9.17) is 18.5 Å². The molecule has 0 saturated carbocycles. The summed E-state index contributed by atoms with van der Waals surface area (Å²) in [6.45, 7) is 1.83. The van der Waals surface area contributed by atoms with Crippen molar-refractivity contribution in [3.63, 3.8) is 0 Å². The van der Waals surface area contributed by atoms with Crippen LogP contribution in [0.5, 0.6) is 0 Å². The highest BCUT2D eigenvalue weighted by Crippen LogP contribution is 1.78. The van der Waals surface area contributed by atoms with E-state index in [2.05, 4.69) is 29.8 Å². The van der Waals surface area contributed by atoms with Crippen molar-refractivity contribution in [1.82, 2.24) is 0 Å². The molecule has 0 radical (unpaired) electrons. The van der Waals surface area contributed by atoms with E-state index < -0.39 is 0 Å². The molecule has 2 unspecified atom stereocenters. The standard InChI is InChI=1S/C3H9N3S3/c1-2(7)6(9)3(4)5-8/h2,6-8H,1H3,(H2,4,5). The fourth-order valence-corrected chi connectivity index (χ4v) is 0.617. The fraction of sp³-hybridized carbons (Fsp3) is 0.667. The minimum atomic E-state index is -0.0316. The molecule has 6 heteroatoms. The number of quaternary nitrogens is 1. The smallest absolute Gasteiger partial charge is 0.287 e. The van der Waals surface area contributed by atoms with Gasteiger partial charge in [0.05, 0.1) is 0 Å². The van der Waals surface area contributed by atoms with Crippen LogP contribution in [0.1, 0.15) is 6.92 Å². The number of rotatable bonds is 1. The van der Waals surface area contributed by atoms with Gasteiger partial charge in [-0.15, -0.1) is 12.6 Å². The lowest BCUT2D eigenvalue weighted by molar-refractivity contribution is -0.657. The number of hydrogen-bond donors (Lipinski definition) is 4. The zero-order valence-electron chi connectivity index (χ0n) is 4.90. The Morgan fingerprint density at radius 3 is 2.44 bits per heavy atom. The number of hydrogen-bond acceptors (Lipinski definition) is 4. The quantitative estimate of drug-likeness (QED) is 0.135. The Bertz CT molecular complexity index is 113. The minimum Gasteiger partial charge on any atom is -0.486 e. The highest BCUT2D eigenvalue weighted by molar-refractivity contribution is 7.81. The molecule has 0 bridgehead atoms. The lowest BCUT2D eigenvalue weighted by Crippen LogP contribution is -3.14. The van der Waals surface area contributed by atoms with Crippen molar-refractivity contribution < 1.29 is 4.31 Å². The Hall–Kier alpha value is 0.480. The predicted octanol–water partition coefficient (Wildman–Crippen LogP) is -1.23. The molecule has 0 spiro atoms. The van der Waals surface area contributed by atoms with Crippen molar-refractivity contribution in [2.24, 2.45) is 10.1 Å². The van der Waals surface area contributed by atoms with Crippen LogP contribution in [-0.4, -0.2) is 11.3 Å². The van der Waals surface area contributed by atoms with Gasteiger partial charge in [-0.25, -0.2) is 0 Å². The third-order valence-corrected chi connectivity index (χ3v) is 1.95. The summed E-state index contributed by atoms with van der Waals surface area (Å²) in [5.74, 6) is 0.274. The molecule has 0 amide bonds. The summed E-state index contributed by atoms with van der Waals surface area (Å²) in [6, 6.07) is 0. The molecule has 0 aliphatic heterocycles. The Kier molecular flexibility index (Phi) is 4.55. The fourth-order valence-electron chi connectivity index (χ4n) is 0.263. The van der Waals surface area contributed by atoms with Crippen molar-refractivity contribution >= 4 is 44.2 Å². The summed E-state index contributed by atoms with van der Waals surface area (Å²) < 4.78 is 3.94. The summed E-state index contributed by atoms with van der Waals surface area (Å²) in [5, 5.41) is -0.0316.